The summed E-state index contributed by atoms with van der Waals surface area (Å²) >= 11 is 0. The highest BCUT2D eigenvalue weighted by Crippen LogP contribution is 2.47. The Hall–Kier alpha value is -5.37. The zero-order valence-electron chi connectivity index (χ0n) is 33.7. The van der Waals surface area contributed by atoms with Gasteiger partial charge < -0.3 is 25.0 Å². The molecular weight excluding hydrogens is 808 g/mol. The van der Waals surface area contributed by atoms with Gasteiger partial charge >= 0.3 is 12.1 Å². The van der Waals surface area contributed by atoms with E-state index in [9.17, 15) is 51.6 Å². The van der Waals surface area contributed by atoms with Crippen molar-refractivity contribution in [3.05, 3.63) is 60.5 Å². The summed E-state index contributed by atoms with van der Waals surface area (Å²) in [4.78, 5) is 97.2. The molecule has 2 unspecified atom stereocenters. The van der Waals surface area contributed by atoms with Crippen molar-refractivity contribution < 1.29 is 61.1 Å². The fraction of sp³-hybridized carbons (Fsp3) is 0.575. The van der Waals surface area contributed by atoms with Crippen molar-refractivity contribution in [2.45, 2.75) is 107 Å². The molecule has 60 heavy (non-hydrogen) atoms. The average Bonchev–Trinajstić information content (AvgIpc) is 4.11. The van der Waals surface area contributed by atoms with Crippen LogP contribution in [0.3, 0.4) is 0 Å². The van der Waals surface area contributed by atoms with Gasteiger partial charge in [-0.05, 0) is 69.6 Å². The van der Waals surface area contributed by atoms with E-state index in [-0.39, 0.29) is 56.7 Å². The fourth-order valence-corrected chi connectivity index (χ4v) is 9.60. The molecule has 3 saturated carbocycles. The molecule has 5 atom stereocenters. The Bertz CT molecular complexity index is 2100. The van der Waals surface area contributed by atoms with E-state index in [0.717, 1.165) is 11.0 Å². The molecule has 20 heteroatoms. The summed E-state index contributed by atoms with van der Waals surface area (Å²) in [5.74, 6) is -6.14. The second-order valence-electron chi connectivity index (χ2n) is 16.9. The van der Waals surface area contributed by atoms with Gasteiger partial charge in [0.1, 0.15) is 29.5 Å². The van der Waals surface area contributed by atoms with Gasteiger partial charge in [0.05, 0.1) is 37.4 Å². The van der Waals surface area contributed by atoms with Crippen molar-refractivity contribution in [2.24, 2.45) is 16.7 Å². The molecule has 1 saturated heterocycles. The monoisotopic (exact) mass is 858 g/mol. The number of hydroxylamine groups is 2. The Morgan fingerprint density at radius 3 is 2.28 bits per heavy atom. The average molecular weight is 859 g/mol. The summed E-state index contributed by atoms with van der Waals surface area (Å²) in [5, 5.41) is 15.3. The number of sulfonamides is 1. The number of amides is 6. The first-order chi connectivity index (χ1) is 28.2. The number of hydrogen-bond donors (Lipinski definition) is 4. The number of nitrogens with one attached hydrogen (secondary N) is 3. The van der Waals surface area contributed by atoms with Crippen LogP contribution in [-0.4, -0.2) is 119 Å². The van der Waals surface area contributed by atoms with E-state index in [1.54, 1.807) is 19.9 Å². The second-order valence-corrected chi connectivity index (χ2v) is 18.9. The SMILES string of the molecule is C=CC(=O)N(O)CC(NC(=O)C1(C)CCC(C)(C(=O)OC)CC1)C(=O)N1CC(OC(=O)N2Cc3cccc(F)c3C2)C[C@H]1C(=O)N[C@]1(C(=O)NS(=O)(=O)C2CC2)C[C@H]1C=C. The zero-order valence-corrected chi connectivity index (χ0v) is 34.6. The minimum absolute atomic E-state index is 0.00511. The lowest BCUT2D eigenvalue weighted by Gasteiger charge is -2.41. The summed E-state index contributed by atoms with van der Waals surface area (Å²) < 4.78 is 52.8. The zero-order chi connectivity index (χ0) is 43.9. The number of nitrogens with zero attached hydrogens (tertiary/aromatic N) is 3. The smallest absolute Gasteiger partial charge is 0.410 e. The quantitative estimate of drug-likeness (QED) is 0.0686. The third kappa shape index (κ3) is 8.75. The van der Waals surface area contributed by atoms with Crippen molar-refractivity contribution in [3.63, 3.8) is 0 Å². The molecule has 18 nitrogen and oxygen atoms in total. The van der Waals surface area contributed by atoms with Crippen LogP contribution in [0.5, 0.6) is 0 Å². The molecule has 6 amide bonds. The van der Waals surface area contributed by atoms with Gasteiger partial charge in [-0.1, -0.05) is 31.7 Å². The molecule has 0 bridgehead atoms. The first kappa shape index (κ1) is 44.2. The van der Waals surface area contributed by atoms with E-state index in [2.05, 4.69) is 28.5 Å². The summed E-state index contributed by atoms with van der Waals surface area (Å²) in [6.07, 6.45) is 1.53. The first-order valence-corrected chi connectivity index (χ1v) is 21.3. The number of fused-ring (bicyclic) bond motifs is 1. The van der Waals surface area contributed by atoms with Crippen molar-refractivity contribution in [2.75, 3.05) is 20.2 Å². The number of benzene rings is 1. The highest BCUT2D eigenvalue weighted by Gasteiger charge is 2.62. The van der Waals surface area contributed by atoms with E-state index >= 15 is 0 Å². The molecular formula is C40H51FN6O12S. The van der Waals surface area contributed by atoms with Crippen LogP contribution < -0.4 is 15.4 Å². The number of hydrogen-bond acceptors (Lipinski definition) is 12. The van der Waals surface area contributed by atoms with Gasteiger partial charge in [-0.2, -0.15) is 0 Å². The van der Waals surface area contributed by atoms with Gasteiger partial charge in [0.2, 0.25) is 27.7 Å². The largest absolute Gasteiger partial charge is 0.469 e. The first-order valence-electron chi connectivity index (χ1n) is 19.8. The maximum Gasteiger partial charge on any atom is 0.410 e. The molecule has 4 fully saturated rings. The number of halogens is 1. The van der Waals surface area contributed by atoms with Crippen LogP contribution in [0.25, 0.3) is 0 Å². The molecule has 1 aromatic rings. The molecule has 5 aliphatic rings. The van der Waals surface area contributed by atoms with E-state index in [0.29, 0.717) is 24.0 Å². The minimum atomic E-state index is -4.02. The molecule has 3 aliphatic carbocycles. The third-order valence-electron chi connectivity index (χ3n) is 12.6. The van der Waals surface area contributed by atoms with Gasteiger partial charge in [-0.3, -0.25) is 43.6 Å². The fourth-order valence-electron chi connectivity index (χ4n) is 8.24. The molecule has 1 aromatic carbocycles. The number of esters is 1. The number of carbonyl (C=O) groups is 7. The van der Waals surface area contributed by atoms with Gasteiger partial charge in [0, 0.05) is 29.9 Å². The van der Waals surface area contributed by atoms with Crippen LogP contribution in [-0.2, 0) is 61.4 Å². The highest BCUT2D eigenvalue weighted by atomic mass is 32.2. The molecule has 2 aliphatic heterocycles. The molecule has 326 valence electrons. The maximum atomic E-state index is 14.7. The summed E-state index contributed by atoms with van der Waals surface area (Å²) in [6.45, 7) is 9.13. The van der Waals surface area contributed by atoms with Crippen LogP contribution in [0.4, 0.5) is 9.18 Å². The topological polar surface area (TPSA) is 238 Å². The number of likely N-dealkylation sites (tertiary alicyclic amines) is 1. The molecule has 2 heterocycles. The molecule has 0 spiro atoms. The predicted octanol–water partition coefficient (Wildman–Crippen LogP) is 1.56. The highest BCUT2D eigenvalue weighted by molar-refractivity contribution is 7.91. The normalized spacial score (nSPS) is 28.6. The standard InChI is InChI=1S/C40H51FN6O12S/c1-6-24-18-40(24,35(52)44-60(56,57)26-11-12-26)43-32(49)30-17-25(59-37(54)45-19-23-9-8-10-28(41)27(23)21-45)20-46(30)33(50)29(22-47(55)31(48)7-2)42-34(51)38(3)13-15-39(4,16-14-38)36(53)58-5/h6-10,24-26,29-30,55H,1-2,11-22H2,3-5H3,(H,42,51)(H,43,49)(H,44,52)/t24-,25?,29?,30+,38?,39?,40-/m1/s1. The van der Waals surface area contributed by atoms with E-state index < -0.39 is 116 Å². The summed E-state index contributed by atoms with van der Waals surface area (Å²) in [6, 6.07) is 1.26. The van der Waals surface area contributed by atoms with Crippen molar-refractivity contribution in [3.8, 4) is 0 Å². The van der Waals surface area contributed by atoms with Gasteiger partial charge in [-0.15, -0.1) is 6.58 Å². The van der Waals surface area contributed by atoms with E-state index in [4.69, 9.17) is 9.47 Å². The van der Waals surface area contributed by atoms with Crippen LogP contribution >= 0.6 is 0 Å². The minimum Gasteiger partial charge on any atom is -0.469 e. The van der Waals surface area contributed by atoms with Gasteiger partial charge in [0.25, 0.3) is 11.8 Å². The van der Waals surface area contributed by atoms with Gasteiger partial charge in [0.15, 0.2) is 0 Å². The van der Waals surface area contributed by atoms with Crippen LogP contribution in [0.2, 0.25) is 0 Å². The molecule has 0 aromatic heterocycles. The number of methoxy groups -OCH3 is 1. The van der Waals surface area contributed by atoms with E-state index in [1.165, 1.54) is 30.2 Å². The molecule has 0 radical (unpaired) electrons. The third-order valence-corrected chi connectivity index (χ3v) is 14.4. The van der Waals surface area contributed by atoms with Crippen LogP contribution in [0, 0.1) is 22.6 Å². The van der Waals surface area contributed by atoms with Crippen molar-refractivity contribution in [1.82, 2.24) is 30.2 Å². The summed E-state index contributed by atoms with van der Waals surface area (Å²) in [5.41, 5.74) is -2.82. The van der Waals surface area contributed by atoms with Crippen LogP contribution in [0.1, 0.15) is 76.3 Å². The number of carbonyl (C=O) groups excluding carboxylic acids is 7. The van der Waals surface area contributed by atoms with Crippen molar-refractivity contribution in [1.29, 1.82) is 0 Å². The van der Waals surface area contributed by atoms with Crippen LogP contribution in [0.15, 0.2) is 43.5 Å². The Labute approximate surface area is 346 Å². The predicted molar refractivity (Wildman–Crippen MR) is 208 cm³/mol. The Morgan fingerprint density at radius 2 is 1.70 bits per heavy atom. The van der Waals surface area contributed by atoms with E-state index in [1.807, 2.05) is 0 Å². The maximum absolute atomic E-state index is 14.7. The van der Waals surface area contributed by atoms with Gasteiger partial charge in [-0.25, -0.2) is 22.7 Å². The number of rotatable bonds is 14. The second kappa shape index (κ2) is 16.6. The molecule has 6 rings (SSSR count). The Kier molecular flexibility index (Phi) is 12.2. The lowest BCUT2D eigenvalue weighted by Crippen LogP contribution is -2.60. The number of ether oxygens (including phenoxy) is 2. The Morgan fingerprint density at radius 1 is 1.03 bits per heavy atom. The lowest BCUT2D eigenvalue weighted by molar-refractivity contribution is -0.164. The summed E-state index contributed by atoms with van der Waals surface area (Å²) in [7, 11) is -2.75. The lowest BCUT2D eigenvalue weighted by atomic mass is 9.64. The molecule has 4 N–H and O–H groups in total. The Balaban J connectivity index is 1.26. The van der Waals surface area contributed by atoms with Crippen molar-refractivity contribution >= 4 is 51.6 Å².